The lowest BCUT2D eigenvalue weighted by Crippen LogP contribution is -3.15. The van der Waals surface area contributed by atoms with Gasteiger partial charge >= 0.3 is 5.97 Å². The lowest BCUT2D eigenvalue weighted by Gasteiger charge is -2.46. The first kappa shape index (κ1) is 15.1. The molecule has 19 heavy (non-hydrogen) atoms. The molecule has 3 fully saturated rings. The van der Waals surface area contributed by atoms with Crippen LogP contribution in [0.15, 0.2) is 0 Å². The molecule has 1 heterocycles. The Balaban J connectivity index is 0.00000133. The SMILES string of the molecule is CC(=O)OC1C2CCCC1C([NH+]1CCCC1)CC2.[Cl-]. The maximum Gasteiger partial charge on any atom is 0.302 e. The number of likely N-dealkylation sites (tertiary alicyclic amines) is 1. The third kappa shape index (κ3) is 3.08. The topological polar surface area (TPSA) is 30.7 Å². The van der Waals surface area contributed by atoms with Crippen LogP contribution in [0.4, 0.5) is 0 Å². The first-order valence-electron chi connectivity index (χ1n) is 7.77. The monoisotopic (exact) mass is 287 g/mol. The van der Waals surface area contributed by atoms with E-state index < -0.39 is 0 Å². The number of nitrogens with one attached hydrogen (secondary N) is 1. The Morgan fingerprint density at radius 2 is 1.79 bits per heavy atom. The molecule has 3 aliphatic rings. The summed E-state index contributed by atoms with van der Waals surface area (Å²) in [5.41, 5.74) is 0. The standard InChI is InChI=1S/C15H25NO2.ClH/c1-11(17)18-15-12-5-4-6-13(15)14(8-7-12)16-9-2-3-10-16;/h12-15H,2-10H2,1H3;1H. The van der Waals surface area contributed by atoms with Crippen molar-refractivity contribution < 1.29 is 26.8 Å². The summed E-state index contributed by atoms with van der Waals surface area (Å²) in [5.74, 6) is 1.23. The van der Waals surface area contributed by atoms with Crippen LogP contribution in [-0.4, -0.2) is 31.2 Å². The fraction of sp³-hybridized carbons (Fsp3) is 0.933. The van der Waals surface area contributed by atoms with E-state index >= 15 is 0 Å². The second-order valence-corrected chi connectivity index (χ2v) is 6.48. The van der Waals surface area contributed by atoms with E-state index in [2.05, 4.69) is 0 Å². The van der Waals surface area contributed by atoms with Crippen molar-refractivity contribution in [3.63, 3.8) is 0 Å². The molecule has 0 aromatic rings. The van der Waals surface area contributed by atoms with Crippen LogP contribution in [0.25, 0.3) is 0 Å². The molecule has 1 N–H and O–H groups in total. The smallest absolute Gasteiger partial charge is 0.302 e. The molecule has 0 amide bonds. The summed E-state index contributed by atoms with van der Waals surface area (Å²) in [6.07, 6.45) is 9.56. The molecule has 0 radical (unpaired) electrons. The van der Waals surface area contributed by atoms with Crippen molar-refractivity contribution in [2.75, 3.05) is 13.1 Å². The predicted octanol–water partition coefficient (Wildman–Crippen LogP) is -1.82. The molecule has 3 rings (SSSR count). The number of hydrogen-bond donors (Lipinski definition) is 1. The van der Waals surface area contributed by atoms with Crippen molar-refractivity contribution in [2.24, 2.45) is 11.8 Å². The van der Waals surface area contributed by atoms with Gasteiger partial charge in [0.25, 0.3) is 0 Å². The molecule has 3 nitrogen and oxygen atoms in total. The highest BCUT2D eigenvalue weighted by Gasteiger charge is 2.48. The van der Waals surface area contributed by atoms with Gasteiger partial charge in [-0.1, -0.05) is 6.42 Å². The Morgan fingerprint density at radius 3 is 2.47 bits per heavy atom. The molecule has 4 unspecified atom stereocenters. The van der Waals surface area contributed by atoms with E-state index in [9.17, 15) is 4.79 Å². The molecule has 2 aliphatic carbocycles. The zero-order valence-corrected chi connectivity index (χ0v) is 12.6. The van der Waals surface area contributed by atoms with Gasteiger partial charge in [0.2, 0.25) is 0 Å². The number of esters is 1. The molecule has 4 heteroatoms. The molecular formula is C15H26ClNO2. The minimum Gasteiger partial charge on any atom is -1.00 e. The van der Waals surface area contributed by atoms with Crippen LogP contribution in [-0.2, 0) is 9.53 Å². The number of hydrogen-bond acceptors (Lipinski definition) is 2. The summed E-state index contributed by atoms with van der Waals surface area (Å²) in [5, 5.41) is 0. The van der Waals surface area contributed by atoms with Crippen molar-refractivity contribution >= 4 is 5.97 Å². The number of halogens is 1. The Hall–Kier alpha value is -0.280. The summed E-state index contributed by atoms with van der Waals surface area (Å²) in [6.45, 7) is 4.26. The van der Waals surface area contributed by atoms with Crippen LogP contribution in [0.5, 0.6) is 0 Å². The number of fused-ring (bicyclic) bond motifs is 2. The van der Waals surface area contributed by atoms with Crippen molar-refractivity contribution in [2.45, 2.75) is 64.0 Å². The lowest BCUT2D eigenvalue weighted by molar-refractivity contribution is -0.919. The Labute approximate surface area is 122 Å². The Kier molecular flexibility index (Phi) is 5.13. The van der Waals surface area contributed by atoms with Crippen LogP contribution in [0.2, 0.25) is 0 Å². The summed E-state index contributed by atoms with van der Waals surface area (Å²) < 4.78 is 5.70. The van der Waals surface area contributed by atoms with Gasteiger partial charge in [0.15, 0.2) is 0 Å². The van der Waals surface area contributed by atoms with Gasteiger partial charge in [-0.05, 0) is 25.2 Å². The average molecular weight is 288 g/mol. The molecular weight excluding hydrogens is 262 g/mol. The van der Waals surface area contributed by atoms with Crippen LogP contribution < -0.4 is 17.3 Å². The largest absolute Gasteiger partial charge is 1.00 e. The molecule has 0 aromatic carbocycles. The molecule has 0 spiro atoms. The maximum atomic E-state index is 11.3. The predicted molar refractivity (Wildman–Crippen MR) is 69.3 cm³/mol. The quantitative estimate of drug-likeness (QED) is 0.607. The van der Waals surface area contributed by atoms with Crippen molar-refractivity contribution in [1.29, 1.82) is 0 Å². The fourth-order valence-corrected chi connectivity index (χ4v) is 4.72. The van der Waals surface area contributed by atoms with Gasteiger partial charge in [0.05, 0.1) is 19.1 Å². The molecule has 2 saturated carbocycles. The fourth-order valence-electron chi connectivity index (χ4n) is 4.72. The van der Waals surface area contributed by atoms with Gasteiger partial charge in [0.1, 0.15) is 6.10 Å². The maximum absolute atomic E-state index is 11.3. The van der Waals surface area contributed by atoms with Crippen molar-refractivity contribution in [3.05, 3.63) is 0 Å². The summed E-state index contributed by atoms with van der Waals surface area (Å²) >= 11 is 0. The highest BCUT2D eigenvalue weighted by atomic mass is 35.5. The molecule has 110 valence electrons. The van der Waals surface area contributed by atoms with Crippen LogP contribution in [0, 0.1) is 11.8 Å². The molecule has 0 aromatic heterocycles. The highest BCUT2D eigenvalue weighted by molar-refractivity contribution is 5.66. The number of ether oxygens (including phenoxy) is 1. The Morgan fingerprint density at radius 1 is 1.05 bits per heavy atom. The number of rotatable bonds is 2. The van der Waals surface area contributed by atoms with E-state index in [0.29, 0.717) is 11.8 Å². The van der Waals surface area contributed by atoms with Crippen LogP contribution in [0.1, 0.15) is 51.9 Å². The normalized spacial score (nSPS) is 38.6. The van der Waals surface area contributed by atoms with E-state index in [1.54, 1.807) is 11.8 Å². The number of carbonyl (C=O) groups excluding carboxylic acids is 1. The number of carbonyl (C=O) groups is 1. The molecule has 2 bridgehead atoms. The molecule has 4 atom stereocenters. The van der Waals surface area contributed by atoms with Gasteiger partial charge in [-0.2, -0.15) is 0 Å². The third-order valence-corrected chi connectivity index (χ3v) is 5.44. The van der Waals surface area contributed by atoms with E-state index in [-0.39, 0.29) is 24.5 Å². The second kappa shape index (κ2) is 6.45. The Bertz CT molecular complexity index is 317. The second-order valence-electron chi connectivity index (χ2n) is 6.48. The summed E-state index contributed by atoms with van der Waals surface area (Å²) in [6, 6.07) is 0.772. The van der Waals surface area contributed by atoms with Gasteiger partial charge in [-0.3, -0.25) is 4.79 Å². The molecule has 1 aliphatic heterocycles. The highest BCUT2D eigenvalue weighted by Crippen LogP contribution is 2.41. The lowest BCUT2D eigenvalue weighted by atomic mass is 9.67. The number of quaternary nitrogens is 1. The van der Waals surface area contributed by atoms with Gasteiger partial charge < -0.3 is 22.0 Å². The van der Waals surface area contributed by atoms with E-state index in [1.165, 1.54) is 58.0 Å². The van der Waals surface area contributed by atoms with Crippen molar-refractivity contribution in [1.82, 2.24) is 0 Å². The van der Waals surface area contributed by atoms with Crippen LogP contribution in [0.3, 0.4) is 0 Å². The zero-order chi connectivity index (χ0) is 12.5. The first-order chi connectivity index (χ1) is 8.75. The minimum absolute atomic E-state index is 0. The van der Waals surface area contributed by atoms with Gasteiger partial charge in [0, 0.05) is 32.1 Å². The first-order valence-corrected chi connectivity index (χ1v) is 7.77. The van der Waals surface area contributed by atoms with E-state index in [0.717, 1.165) is 6.04 Å². The zero-order valence-electron chi connectivity index (χ0n) is 11.9. The third-order valence-electron chi connectivity index (χ3n) is 5.44. The van der Waals surface area contributed by atoms with Gasteiger partial charge in [-0.15, -0.1) is 0 Å². The average Bonchev–Trinajstić information content (AvgIpc) is 2.81. The van der Waals surface area contributed by atoms with E-state index in [1.807, 2.05) is 0 Å². The summed E-state index contributed by atoms with van der Waals surface area (Å²) in [4.78, 5) is 13.1. The molecule has 1 saturated heterocycles. The van der Waals surface area contributed by atoms with Crippen molar-refractivity contribution in [3.8, 4) is 0 Å². The van der Waals surface area contributed by atoms with Crippen LogP contribution >= 0.6 is 0 Å². The summed E-state index contributed by atoms with van der Waals surface area (Å²) in [7, 11) is 0. The van der Waals surface area contributed by atoms with E-state index in [4.69, 9.17) is 4.74 Å². The van der Waals surface area contributed by atoms with Gasteiger partial charge in [-0.25, -0.2) is 0 Å². The minimum atomic E-state index is -0.0750.